The van der Waals surface area contributed by atoms with Crippen molar-refractivity contribution in [2.24, 2.45) is 0 Å². The van der Waals surface area contributed by atoms with Crippen LogP contribution in [0.4, 0.5) is 0 Å². The zero-order valence-electron chi connectivity index (χ0n) is 19.1. The molecular weight excluding hydrogens is 440 g/mol. The highest BCUT2D eigenvalue weighted by atomic mass is 35.5. The van der Waals surface area contributed by atoms with Crippen LogP contribution in [0.5, 0.6) is 17.2 Å². The van der Waals surface area contributed by atoms with Gasteiger partial charge in [-0.1, -0.05) is 49.7 Å². The molecule has 0 spiro atoms. The number of benzene rings is 3. The third-order valence-electron chi connectivity index (χ3n) is 5.04. The predicted molar refractivity (Wildman–Crippen MR) is 129 cm³/mol. The van der Waals surface area contributed by atoms with Gasteiger partial charge in [0.1, 0.15) is 17.2 Å². The zero-order valence-corrected chi connectivity index (χ0v) is 19.9. The Bertz CT molecular complexity index is 998. The Hall–Kier alpha value is -3.18. The molecule has 0 saturated carbocycles. The van der Waals surface area contributed by atoms with Crippen molar-refractivity contribution in [2.45, 2.75) is 32.3 Å². The lowest BCUT2D eigenvalue weighted by Gasteiger charge is -2.18. The SMILES string of the molecule is COC(=O)C(Oc1ccc(C(C)C)cc1)c1ccc(OCCCOc2ccc(Cl)cc2)cc1. The average molecular weight is 469 g/mol. The van der Waals surface area contributed by atoms with Crippen molar-refractivity contribution in [3.8, 4) is 17.2 Å². The van der Waals surface area contributed by atoms with Crippen molar-refractivity contribution in [2.75, 3.05) is 20.3 Å². The molecule has 3 aromatic rings. The highest BCUT2D eigenvalue weighted by Crippen LogP contribution is 2.27. The zero-order chi connectivity index (χ0) is 23.6. The third kappa shape index (κ3) is 7.43. The van der Waals surface area contributed by atoms with Gasteiger partial charge in [0, 0.05) is 17.0 Å². The Morgan fingerprint density at radius 2 is 1.24 bits per heavy atom. The van der Waals surface area contributed by atoms with Gasteiger partial charge in [0.2, 0.25) is 6.10 Å². The number of hydrogen-bond acceptors (Lipinski definition) is 5. The molecule has 0 radical (unpaired) electrons. The van der Waals surface area contributed by atoms with Gasteiger partial charge >= 0.3 is 5.97 Å². The molecule has 33 heavy (non-hydrogen) atoms. The van der Waals surface area contributed by atoms with Crippen LogP contribution >= 0.6 is 11.6 Å². The minimum atomic E-state index is -0.860. The van der Waals surface area contributed by atoms with Crippen LogP contribution in [-0.2, 0) is 9.53 Å². The first kappa shape index (κ1) is 24.5. The summed E-state index contributed by atoms with van der Waals surface area (Å²) >= 11 is 5.87. The van der Waals surface area contributed by atoms with Gasteiger partial charge in [-0.2, -0.15) is 0 Å². The van der Waals surface area contributed by atoms with Crippen molar-refractivity contribution >= 4 is 17.6 Å². The second-order valence-electron chi connectivity index (χ2n) is 7.82. The van der Waals surface area contributed by atoms with Crippen LogP contribution in [0.2, 0.25) is 5.02 Å². The first-order chi connectivity index (χ1) is 16.0. The maximum atomic E-state index is 12.4. The lowest BCUT2D eigenvalue weighted by molar-refractivity contribution is -0.149. The average Bonchev–Trinajstić information content (AvgIpc) is 2.84. The summed E-state index contributed by atoms with van der Waals surface area (Å²) in [5.41, 5.74) is 1.89. The Morgan fingerprint density at radius 1 is 0.758 bits per heavy atom. The molecule has 174 valence electrons. The van der Waals surface area contributed by atoms with E-state index < -0.39 is 12.1 Å². The molecule has 0 bridgehead atoms. The largest absolute Gasteiger partial charge is 0.493 e. The van der Waals surface area contributed by atoms with Crippen LogP contribution in [0.25, 0.3) is 0 Å². The lowest BCUT2D eigenvalue weighted by atomic mass is 10.0. The fourth-order valence-electron chi connectivity index (χ4n) is 3.14. The molecule has 3 aromatic carbocycles. The molecule has 3 rings (SSSR count). The first-order valence-electron chi connectivity index (χ1n) is 10.9. The monoisotopic (exact) mass is 468 g/mol. The summed E-state index contributed by atoms with van der Waals surface area (Å²) in [4.78, 5) is 12.4. The van der Waals surface area contributed by atoms with Gasteiger partial charge in [0.05, 0.1) is 20.3 Å². The van der Waals surface area contributed by atoms with E-state index in [1.54, 1.807) is 12.1 Å². The van der Waals surface area contributed by atoms with E-state index in [0.29, 0.717) is 41.2 Å². The van der Waals surface area contributed by atoms with Crippen LogP contribution in [0.3, 0.4) is 0 Å². The number of halogens is 1. The van der Waals surface area contributed by atoms with Crippen molar-refractivity contribution < 1.29 is 23.7 Å². The third-order valence-corrected chi connectivity index (χ3v) is 5.29. The van der Waals surface area contributed by atoms with E-state index in [-0.39, 0.29) is 0 Å². The molecule has 0 aromatic heterocycles. The van der Waals surface area contributed by atoms with E-state index in [0.717, 1.165) is 12.2 Å². The topological polar surface area (TPSA) is 54.0 Å². The summed E-state index contributed by atoms with van der Waals surface area (Å²) in [6, 6.07) is 22.2. The van der Waals surface area contributed by atoms with Crippen LogP contribution in [0.15, 0.2) is 72.8 Å². The summed E-state index contributed by atoms with van der Waals surface area (Å²) < 4.78 is 22.3. The number of ether oxygens (including phenoxy) is 4. The van der Waals surface area contributed by atoms with Crippen LogP contribution in [-0.4, -0.2) is 26.3 Å². The molecule has 1 unspecified atom stereocenters. The molecule has 0 aliphatic carbocycles. The van der Waals surface area contributed by atoms with Crippen molar-refractivity contribution in [1.29, 1.82) is 0 Å². The Kier molecular flexibility index (Phi) is 9.02. The summed E-state index contributed by atoms with van der Waals surface area (Å²) in [6.07, 6.45) is -0.133. The number of carbonyl (C=O) groups is 1. The maximum Gasteiger partial charge on any atom is 0.351 e. The molecule has 0 aliphatic rings. The van der Waals surface area contributed by atoms with Gasteiger partial charge in [0.25, 0.3) is 0 Å². The smallest absolute Gasteiger partial charge is 0.351 e. The molecule has 5 nitrogen and oxygen atoms in total. The van der Waals surface area contributed by atoms with Gasteiger partial charge in [-0.15, -0.1) is 0 Å². The number of esters is 1. The van der Waals surface area contributed by atoms with E-state index in [2.05, 4.69) is 13.8 Å². The summed E-state index contributed by atoms with van der Waals surface area (Å²) in [5.74, 6) is 2.05. The van der Waals surface area contributed by atoms with E-state index in [4.69, 9.17) is 30.5 Å². The number of hydrogen-bond donors (Lipinski definition) is 0. The number of methoxy groups -OCH3 is 1. The molecule has 0 amide bonds. The van der Waals surface area contributed by atoms with E-state index >= 15 is 0 Å². The molecule has 0 aliphatic heterocycles. The molecule has 0 N–H and O–H groups in total. The molecule has 0 fully saturated rings. The summed E-state index contributed by atoms with van der Waals surface area (Å²) in [5, 5.41) is 0.679. The molecular formula is C27H29ClO5. The van der Waals surface area contributed by atoms with E-state index in [1.165, 1.54) is 12.7 Å². The van der Waals surface area contributed by atoms with Gasteiger partial charge in [-0.05, 0) is 60.0 Å². The molecule has 0 heterocycles. The Morgan fingerprint density at radius 3 is 1.76 bits per heavy atom. The van der Waals surface area contributed by atoms with Crippen molar-refractivity contribution in [3.63, 3.8) is 0 Å². The standard InChI is InChI=1S/C27H29ClO5/c1-19(2)20-5-13-25(14-6-20)33-26(27(29)30-3)21-7-11-23(12-8-21)31-17-4-18-32-24-15-9-22(28)10-16-24/h5-16,19,26H,4,17-18H2,1-3H3. The van der Waals surface area contributed by atoms with E-state index in [9.17, 15) is 4.79 Å². The van der Waals surface area contributed by atoms with Gasteiger partial charge < -0.3 is 18.9 Å². The summed E-state index contributed by atoms with van der Waals surface area (Å²) in [6.45, 7) is 5.30. The second kappa shape index (κ2) is 12.2. The highest BCUT2D eigenvalue weighted by molar-refractivity contribution is 6.30. The van der Waals surface area contributed by atoms with Gasteiger partial charge in [-0.25, -0.2) is 4.79 Å². The predicted octanol–water partition coefficient (Wildman–Crippen LogP) is 6.60. The van der Waals surface area contributed by atoms with Gasteiger partial charge in [-0.3, -0.25) is 0 Å². The Labute approximate surface area is 200 Å². The minimum Gasteiger partial charge on any atom is -0.493 e. The normalized spacial score (nSPS) is 11.7. The van der Waals surface area contributed by atoms with Crippen LogP contribution in [0, 0.1) is 0 Å². The molecule has 6 heteroatoms. The first-order valence-corrected chi connectivity index (χ1v) is 11.3. The Balaban J connectivity index is 1.52. The van der Waals surface area contributed by atoms with Crippen molar-refractivity contribution in [1.82, 2.24) is 0 Å². The maximum absolute atomic E-state index is 12.4. The van der Waals surface area contributed by atoms with Crippen LogP contribution < -0.4 is 14.2 Å². The van der Waals surface area contributed by atoms with E-state index in [1.807, 2.05) is 60.7 Å². The lowest BCUT2D eigenvalue weighted by Crippen LogP contribution is -2.20. The highest BCUT2D eigenvalue weighted by Gasteiger charge is 2.23. The number of rotatable bonds is 11. The van der Waals surface area contributed by atoms with Gasteiger partial charge in [0.15, 0.2) is 0 Å². The minimum absolute atomic E-state index is 0.423. The molecule has 1 atom stereocenters. The fraction of sp³-hybridized carbons (Fsp3) is 0.296. The van der Waals surface area contributed by atoms with Crippen molar-refractivity contribution in [3.05, 3.63) is 88.9 Å². The number of carbonyl (C=O) groups excluding carboxylic acids is 1. The van der Waals surface area contributed by atoms with Crippen LogP contribution in [0.1, 0.15) is 43.4 Å². The summed E-state index contributed by atoms with van der Waals surface area (Å²) in [7, 11) is 1.35. The molecule has 0 saturated heterocycles. The second-order valence-corrected chi connectivity index (χ2v) is 8.25. The fourth-order valence-corrected chi connectivity index (χ4v) is 3.26. The quantitative estimate of drug-likeness (QED) is 0.234.